The van der Waals surface area contributed by atoms with E-state index in [1.165, 1.54) is 5.56 Å². The van der Waals surface area contributed by atoms with Crippen molar-refractivity contribution >= 4 is 21.7 Å². The Hall–Kier alpha value is -3.00. The van der Waals surface area contributed by atoms with E-state index >= 15 is 0 Å². The van der Waals surface area contributed by atoms with Crippen molar-refractivity contribution in [2.75, 3.05) is 29.0 Å². The van der Waals surface area contributed by atoms with Crippen LogP contribution in [0.4, 0.5) is 11.6 Å². The van der Waals surface area contributed by atoms with Crippen molar-refractivity contribution in [2.24, 2.45) is 0 Å². The number of nitrogens with zero attached hydrogens (tertiary/aromatic N) is 4. The average Bonchev–Trinajstić information content (AvgIpc) is 2.72. The van der Waals surface area contributed by atoms with Crippen molar-refractivity contribution in [1.29, 1.82) is 0 Å². The zero-order valence-electron chi connectivity index (χ0n) is 15.7. The molecule has 0 saturated heterocycles. The van der Waals surface area contributed by atoms with Gasteiger partial charge in [0.15, 0.2) is 11.6 Å². The number of aryl methyl sites for hydroxylation is 1. The van der Waals surface area contributed by atoms with Gasteiger partial charge in [-0.3, -0.25) is 9.71 Å². The third kappa shape index (κ3) is 6.02. The monoisotopic (exact) mass is 397 g/mol. The van der Waals surface area contributed by atoms with Gasteiger partial charge in [0, 0.05) is 26.0 Å². The van der Waals surface area contributed by atoms with Crippen LogP contribution in [-0.2, 0) is 22.9 Å². The smallest absolute Gasteiger partial charge is 0.234 e. The fraction of sp³-hybridized carbons (Fsp3) is 0.250. The summed E-state index contributed by atoms with van der Waals surface area (Å²) in [6, 6.07) is 16.9. The largest absolute Gasteiger partial charge is 0.358 e. The first kappa shape index (κ1) is 19.8. The fourth-order valence-corrected chi connectivity index (χ4v) is 3.69. The summed E-state index contributed by atoms with van der Waals surface area (Å²) in [5, 5.41) is 8.13. The third-order valence-electron chi connectivity index (χ3n) is 4.29. The molecular weight excluding hydrogens is 374 g/mol. The van der Waals surface area contributed by atoms with E-state index in [2.05, 4.69) is 19.9 Å². The number of nitrogens with one attached hydrogen (secondary N) is 1. The van der Waals surface area contributed by atoms with Gasteiger partial charge in [0.25, 0.3) is 0 Å². The first-order valence-corrected chi connectivity index (χ1v) is 10.7. The number of hydrogen-bond acceptors (Lipinski definition) is 6. The number of aromatic nitrogens is 3. The van der Waals surface area contributed by atoms with Crippen molar-refractivity contribution in [2.45, 2.75) is 12.8 Å². The summed E-state index contributed by atoms with van der Waals surface area (Å²) < 4.78 is 27.0. The van der Waals surface area contributed by atoms with Crippen LogP contribution in [0.2, 0.25) is 0 Å². The van der Waals surface area contributed by atoms with Crippen molar-refractivity contribution < 1.29 is 8.42 Å². The summed E-state index contributed by atoms with van der Waals surface area (Å²) in [7, 11) is -1.56. The van der Waals surface area contributed by atoms with Crippen molar-refractivity contribution in [1.82, 2.24) is 15.2 Å². The Kier molecular flexibility index (Phi) is 6.54. The Labute approximate surface area is 165 Å². The molecule has 0 aliphatic carbocycles. The number of anilines is 2. The average molecular weight is 398 g/mol. The van der Waals surface area contributed by atoms with Crippen LogP contribution in [0.3, 0.4) is 0 Å². The van der Waals surface area contributed by atoms with Crippen molar-refractivity contribution in [3.05, 3.63) is 78.1 Å². The molecule has 0 bridgehead atoms. The fourth-order valence-electron chi connectivity index (χ4n) is 2.65. The molecule has 3 aromatic rings. The van der Waals surface area contributed by atoms with Gasteiger partial charge in [-0.2, -0.15) is 0 Å². The van der Waals surface area contributed by atoms with Crippen LogP contribution in [0.5, 0.6) is 0 Å². The zero-order chi connectivity index (χ0) is 19.8. The van der Waals surface area contributed by atoms with Gasteiger partial charge in [-0.05, 0) is 48.2 Å². The molecule has 7 nitrogen and oxygen atoms in total. The molecule has 8 heteroatoms. The highest BCUT2D eigenvalue weighted by Crippen LogP contribution is 2.13. The highest BCUT2D eigenvalue weighted by molar-refractivity contribution is 7.92. The van der Waals surface area contributed by atoms with E-state index in [1.807, 2.05) is 54.4 Å². The van der Waals surface area contributed by atoms with Gasteiger partial charge >= 0.3 is 0 Å². The molecule has 3 rings (SSSR count). The Bertz CT molecular complexity index is 964. The number of sulfonamides is 1. The van der Waals surface area contributed by atoms with Gasteiger partial charge in [-0.15, -0.1) is 10.2 Å². The van der Waals surface area contributed by atoms with Crippen molar-refractivity contribution in [3.8, 4) is 0 Å². The second-order valence-corrected chi connectivity index (χ2v) is 8.30. The second-order valence-electron chi connectivity index (χ2n) is 6.46. The quantitative estimate of drug-likeness (QED) is 0.597. The van der Waals surface area contributed by atoms with E-state index in [1.54, 1.807) is 24.5 Å². The SMILES string of the molecule is CN(CCc1ccncc1)c1ccc(NS(=O)(=O)CCc2ccccc2)nn1. The lowest BCUT2D eigenvalue weighted by Gasteiger charge is -2.17. The first-order valence-electron chi connectivity index (χ1n) is 9.00. The molecule has 2 aromatic heterocycles. The number of pyridine rings is 1. The molecule has 0 saturated carbocycles. The topological polar surface area (TPSA) is 88.1 Å². The van der Waals surface area contributed by atoms with E-state index in [9.17, 15) is 8.42 Å². The third-order valence-corrected chi connectivity index (χ3v) is 5.55. The lowest BCUT2D eigenvalue weighted by molar-refractivity contribution is 0.600. The summed E-state index contributed by atoms with van der Waals surface area (Å²) in [4.78, 5) is 5.98. The molecule has 2 heterocycles. The summed E-state index contributed by atoms with van der Waals surface area (Å²) in [6.45, 7) is 0.765. The van der Waals surface area contributed by atoms with Gasteiger partial charge in [0.05, 0.1) is 5.75 Å². The Morgan fingerprint density at radius 2 is 1.61 bits per heavy atom. The van der Waals surface area contributed by atoms with E-state index in [0.29, 0.717) is 12.2 Å². The summed E-state index contributed by atoms with van der Waals surface area (Å²) >= 11 is 0. The van der Waals surface area contributed by atoms with Crippen LogP contribution in [0, 0.1) is 0 Å². The number of hydrogen-bond donors (Lipinski definition) is 1. The Morgan fingerprint density at radius 3 is 2.29 bits per heavy atom. The Balaban J connectivity index is 1.53. The van der Waals surface area contributed by atoms with Crippen molar-refractivity contribution in [3.63, 3.8) is 0 Å². The summed E-state index contributed by atoms with van der Waals surface area (Å²) in [6.07, 6.45) is 4.84. The number of benzene rings is 1. The van der Waals surface area contributed by atoms with Crippen LogP contribution in [0.25, 0.3) is 0 Å². The van der Waals surface area contributed by atoms with Gasteiger partial charge in [0.2, 0.25) is 10.0 Å². The molecule has 28 heavy (non-hydrogen) atoms. The minimum atomic E-state index is -3.48. The lowest BCUT2D eigenvalue weighted by atomic mass is 10.2. The standard InChI is InChI=1S/C20H23N5O2S/c1-25(15-11-18-9-13-21-14-10-18)20-8-7-19(22-23-20)24-28(26,27)16-12-17-5-3-2-4-6-17/h2-10,13-14H,11-12,15-16H2,1H3,(H,22,24). The van der Waals surface area contributed by atoms with Gasteiger partial charge in [0.1, 0.15) is 0 Å². The molecule has 0 amide bonds. The maximum atomic E-state index is 12.3. The van der Waals surface area contributed by atoms with Crippen LogP contribution < -0.4 is 9.62 Å². The number of likely N-dealkylation sites (N-methyl/N-ethyl adjacent to an activating group) is 1. The lowest BCUT2D eigenvalue weighted by Crippen LogP contribution is -2.22. The summed E-state index contributed by atoms with van der Waals surface area (Å²) in [5.41, 5.74) is 2.17. The maximum absolute atomic E-state index is 12.3. The highest BCUT2D eigenvalue weighted by Gasteiger charge is 2.12. The van der Waals surface area contributed by atoms with Crippen LogP contribution in [0.15, 0.2) is 67.0 Å². The molecule has 0 unspecified atom stereocenters. The molecule has 1 N–H and O–H groups in total. The Morgan fingerprint density at radius 1 is 0.893 bits per heavy atom. The normalized spacial score (nSPS) is 11.2. The molecule has 0 radical (unpaired) electrons. The molecule has 0 aliphatic heterocycles. The molecule has 146 valence electrons. The minimum Gasteiger partial charge on any atom is -0.358 e. The predicted octanol–water partition coefficient (Wildman–Crippen LogP) is 2.53. The predicted molar refractivity (Wildman–Crippen MR) is 111 cm³/mol. The van der Waals surface area contributed by atoms with E-state index in [-0.39, 0.29) is 11.6 Å². The van der Waals surface area contributed by atoms with Crippen LogP contribution >= 0.6 is 0 Å². The molecule has 0 aliphatic rings. The maximum Gasteiger partial charge on any atom is 0.234 e. The second kappa shape index (κ2) is 9.27. The molecule has 0 spiro atoms. The minimum absolute atomic E-state index is 0.00766. The van der Waals surface area contributed by atoms with E-state index < -0.39 is 10.0 Å². The highest BCUT2D eigenvalue weighted by atomic mass is 32.2. The van der Waals surface area contributed by atoms with Gasteiger partial charge < -0.3 is 4.90 Å². The number of rotatable bonds is 9. The first-order chi connectivity index (χ1) is 13.5. The van der Waals surface area contributed by atoms with E-state index in [4.69, 9.17) is 0 Å². The molecule has 0 atom stereocenters. The van der Waals surface area contributed by atoms with Gasteiger partial charge in [-0.25, -0.2) is 8.42 Å². The van der Waals surface area contributed by atoms with E-state index in [0.717, 1.165) is 18.5 Å². The molecule has 0 fully saturated rings. The zero-order valence-corrected chi connectivity index (χ0v) is 16.5. The van der Waals surface area contributed by atoms with Gasteiger partial charge in [-0.1, -0.05) is 30.3 Å². The molecular formula is C20H23N5O2S. The molecule has 1 aromatic carbocycles. The van der Waals surface area contributed by atoms with Crippen LogP contribution in [-0.4, -0.2) is 42.9 Å². The van der Waals surface area contributed by atoms with Crippen LogP contribution in [0.1, 0.15) is 11.1 Å². The summed E-state index contributed by atoms with van der Waals surface area (Å²) in [5.74, 6) is 0.896.